The molecule has 1 aromatic rings. The van der Waals surface area contributed by atoms with Crippen LogP contribution in [0.15, 0.2) is 21.2 Å². The molecule has 2 heterocycles. The van der Waals surface area contributed by atoms with Crippen LogP contribution in [0.25, 0.3) is 0 Å². The van der Waals surface area contributed by atoms with Crippen LogP contribution in [0.2, 0.25) is 0 Å². The first-order valence-corrected chi connectivity index (χ1v) is 7.18. The molecule has 17 heavy (non-hydrogen) atoms. The Balaban J connectivity index is 2.10. The van der Waals surface area contributed by atoms with Crippen LogP contribution in [0.3, 0.4) is 0 Å². The van der Waals surface area contributed by atoms with Crippen molar-refractivity contribution < 1.29 is 4.42 Å². The fraction of sp³-hybridized carbons (Fsp3) is 0.692. The number of nitrogens with zero attached hydrogens (tertiary/aromatic N) is 1. The van der Waals surface area contributed by atoms with Crippen LogP contribution in [0, 0.1) is 5.92 Å². The second-order valence-corrected chi connectivity index (χ2v) is 5.81. The second-order valence-electron chi connectivity index (χ2n) is 4.96. The quantitative estimate of drug-likeness (QED) is 0.932. The number of likely N-dealkylation sites (tertiary alicyclic amines) is 1. The van der Waals surface area contributed by atoms with Gasteiger partial charge in [0, 0.05) is 6.54 Å². The molecule has 2 N–H and O–H groups in total. The Morgan fingerprint density at radius 2 is 2.35 bits per heavy atom. The highest BCUT2D eigenvalue weighted by Gasteiger charge is 2.25. The lowest BCUT2D eigenvalue weighted by Crippen LogP contribution is -2.34. The molecule has 1 aromatic heterocycles. The normalized spacial score (nSPS) is 24.5. The average molecular weight is 301 g/mol. The summed E-state index contributed by atoms with van der Waals surface area (Å²) >= 11 is 3.53. The molecule has 1 aliphatic heterocycles. The van der Waals surface area contributed by atoms with Crippen molar-refractivity contribution in [2.45, 2.75) is 32.2 Å². The van der Waals surface area contributed by atoms with Gasteiger partial charge in [0.25, 0.3) is 0 Å². The first-order valence-electron chi connectivity index (χ1n) is 6.39. The van der Waals surface area contributed by atoms with Gasteiger partial charge >= 0.3 is 0 Å². The van der Waals surface area contributed by atoms with Crippen molar-refractivity contribution in [3.63, 3.8) is 0 Å². The summed E-state index contributed by atoms with van der Waals surface area (Å²) in [6, 6.07) is 2.16. The predicted octanol–water partition coefficient (Wildman–Crippen LogP) is 3.16. The van der Waals surface area contributed by atoms with E-state index in [2.05, 4.69) is 27.8 Å². The molecule has 0 aromatic carbocycles. The van der Waals surface area contributed by atoms with Gasteiger partial charge in [-0.15, -0.1) is 0 Å². The Labute approximate surface area is 111 Å². The number of furan rings is 1. The molecule has 0 spiro atoms. The van der Waals surface area contributed by atoms with Crippen LogP contribution in [-0.4, -0.2) is 24.5 Å². The molecule has 2 rings (SSSR count). The van der Waals surface area contributed by atoms with E-state index in [0.29, 0.717) is 6.54 Å². The van der Waals surface area contributed by atoms with Gasteiger partial charge in [-0.3, -0.25) is 4.90 Å². The highest BCUT2D eigenvalue weighted by molar-refractivity contribution is 9.10. The molecule has 1 fully saturated rings. The van der Waals surface area contributed by atoms with Gasteiger partial charge in [0.2, 0.25) is 0 Å². The minimum Gasteiger partial charge on any atom is -0.466 e. The monoisotopic (exact) mass is 300 g/mol. The number of nitrogens with two attached hydrogens (primary N) is 1. The predicted molar refractivity (Wildman–Crippen MR) is 72.8 cm³/mol. The maximum Gasteiger partial charge on any atom is 0.136 e. The molecule has 2 atom stereocenters. The van der Waals surface area contributed by atoms with Gasteiger partial charge in [-0.1, -0.05) is 6.92 Å². The third kappa shape index (κ3) is 3.12. The molecule has 1 aliphatic rings. The summed E-state index contributed by atoms with van der Waals surface area (Å²) in [6.45, 7) is 5.19. The summed E-state index contributed by atoms with van der Waals surface area (Å²) in [5, 5.41) is 0. The Morgan fingerprint density at radius 3 is 3.00 bits per heavy atom. The van der Waals surface area contributed by atoms with Crippen LogP contribution in [0.1, 0.15) is 38.0 Å². The molecule has 0 bridgehead atoms. The zero-order valence-electron chi connectivity index (χ0n) is 10.4. The summed E-state index contributed by atoms with van der Waals surface area (Å²) in [5.41, 5.74) is 5.93. The minimum atomic E-state index is 0.213. The molecule has 2 unspecified atom stereocenters. The molecule has 4 heteroatoms. The molecule has 0 aliphatic carbocycles. The minimum absolute atomic E-state index is 0.213. The van der Waals surface area contributed by atoms with Crippen molar-refractivity contribution in [2.24, 2.45) is 11.7 Å². The van der Waals surface area contributed by atoms with Gasteiger partial charge in [-0.2, -0.15) is 0 Å². The van der Waals surface area contributed by atoms with E-state index in [1.54, 1.807) is 6.26 Å². The average Bonchev–Trinajstić information content (AvgIpc) is 2.60. The van der Waals surface area contributed by atoms with Gasteiger partial charge in [-0.25, -0.2) is 0 Å². The van der Waals surface area contributed by atoms with Crippen molar-refractivity contribution in [3.8, 4) is 0 Å². The Kier molecular flexibility index (Phi) is 4.65. The zero-order valence-corrected chi connectivity index (χ0v) is 11.9. The van der Waals surface area contributed by atoms with E-state index in [9.17, 15) is 0 Å². The van der Waals surface area contributed by atoms with Crippen LogP contribution in [0.5, 0.6) is 0 Å². The summed E-state index contributed by atoms with van der Waals surface area (Å²) in [6.07, 6.45) is 5.57. The summed E-state index contributed by atoms with van der Waals surface area (Å²) in [4.78, 5) is 2.47. The number of rotatable bonds is 3. The van der Waals surface area contributed by atoms with E-state index in [1.807, 2.05) is 6.07 Å². The Morgan fingerprint density at radius 1 is 1.53 bits per heavy atom. The summed E-state index contributed by atoms with van der Waals surface area (Å²) in [5.74, 6) is 1.81. The second kappa shape index (κ2) is 6.03. The molecule has 3 nitrogen and oxygen atoms in total. The van der Waals surface area contributed by atoms with E-state index in [4.69, 9.17) is 10.2 Å². The lowest BCUT2D eigenvalue weighted by Gasteiger charge is -2.28. The van der Waals surface area contributed by atoms with Crippen LogP contribution >= 0.6 is 15.9 Å². The van der Waals surface area contributed by atoms with Gasteiger partial charge in [0.15, 0.2) is 0 Å². The van der Waals surface area contributed by atoms with Gasteiger partial charge in [0.1, 0.15) is 5.76 Å². The van der Waals surface area contributed by atoms with E-state index in [1.165, 1.54) is 19.3 Å². The molecule has 0 saturated carbocycles. The summed E-state index contributed by atoms with van der Waals surface area (Å²) in [7, 11) is 0. The Bertz CT molecular complexity index is 353. The van der Waals surface area contributed by atoms with Gasteiger partial charge in [0.05, 0.1) is 16.8 Å². The smallest absolute Gasteiger partial charge is 0.136 e. The first kappa shape index (κ1) is 13.1. The van der Waals surface area contributed by atoms with E-state index < -0.39 is 0 Å². The maximum atomic E-state index is 5.93. The third-order valence-electron chi connectivity index (χ3n) is 3.66. The van der Waals surface area contributed by atoms with E-state index in [-0.39, 0.29) is 6.04 Å². The Hall–Kier alpha value is -0.320. The molecular weight excluding hydrogens is 280 g/mol. The highest BCUT2D eigenvalue weighted by Crippen LogP contribution is 2.30. The standard InChI is InChI=1S/C13H21BrN2O/c1-10-3-2-6-16(7-4-10)12(9-15)13-11(14)5-8-17-13/h5,8,10,12H,2-4,6-7,9,15H2,1H3. The van der Waals surface area contributed by atoms with Crippen LogP contribution in [-0.2, 0) is 0 Å². The van der Waals surface area contributed by atoms with E-state index >= 15 is 0 Å². The lowest BCUT2D eigenvalue weighted by molar-refractivity contribution is 0.183. The van der Waals surface area contributed by atoms with Crippen molar-refractivity contribution >= 4 is 15.9 Å². The SMILES string of the molecule is CC1CCCN(C(CN)c2occc2Br)CC1. The largest absolute Gasteiger partial charge is 0.466 e. The zero-order chi connectivity index (χ0) is 12.3. The molecule has 0 radical (unpaired) electrons. The topological polar surface area (TPSA) is 42.4 Å². The fourth-order valence-electron chi connectivity index (χ4n) is 2.56. The number of hydrogen-bond donors (Lipinski definition) is 1. The van der Waals surface area contributed by atoms with Gasteiger partial charge in [-0.05, 0) is 60.3 Å². The molecule has 1 saturated heterocycles. The molecular formula is C13H21BrN2O. The summed E-state index contributed by atoms with van der Waals surface area (Å²) < 4.78 is 6.60. The number of halogens is 1. The third-order valence-corrected chi connectivity index (χ3v) is 4.32. The molecule has 96 valence electrons. The van der Waals surface area contributed by atoms with E-state index in [0.717, 1.165) is 29.2 Å². The van der Waals surface area contributed by atoms with Crippen molar-refractivity contribution in [1.29, 1.82) is 0 Å². The number of hydrogen-bond acceptors (Lipinski definition) is 3. The highest BCUT2D eigenvalue weighted by atomic mass is 79.9. The van der Waals surface area contributed by atoms with Gasteiger partial charge < -0.3 is 10.2 Å². The maximum absolute atomic E-state index is 5.93. The van der Waals surface area contributed by atoms with Crippen molar-refractivity contribution in [2.75, 3.05) is 19.6 Å². The lowest BCUT2D eigenvalue weighted by atomic mass is 10.0. The van der Waals surface area contributed by atoms with Crippen molar-refractivity contribution in [3.05, 3.63) is 22.6 Å². The van der Waals surface area contributed by atoms with Crippen LogP contribution < -0.4 is 5.73 Å². The van der Waals surface area contributed by atoms with Crippen molar-refractivity contribution in [1.82, 2.24) is 4.90 Å². The van der Waals surface area contributed by atoms with Crippen LogP contribution in [0.4, 0.5) is 0 Å². The molecule has 0 amide bonds. The first-order chi connectivity index (χ1) is 8.22. The fourth-order valence-corrected chi connectivity index (χ4v) is 3.03.